The lowest BCUT2D eigenvalue weighted by Crippen LogP contribution is -2.08. The number of rotatable bonds is 3. The lowest BCUT2D eigenvalue weighted by molar-refractivity contribution is -0.135. The molecule has 0 aliphatic carbocycles. The Hall–Kier alpha value is -2.04. The molecule has 0 heterocycles. The van der Waals surface area contributed by atoms with Gasteiger partial charge in [0, 0.05) is 5.56 Å². The van der Waals surface area contributed by atoms with Gasteiger partial charge in [0.2, 0.25) is 0 Å². The van der Waals surface area contributed by atoms with Crippen LogP contribution in [0, 0.1) is 0 Å². The summed E-state index contributed by atoms with van der Waals surface area (Å²) >= 11 is 0. The van der Waals surface area contributed by atoms with Crippen molar-refractivity contribution >= 4 is 11.7 Å². The molecular weight excluding hydrogens is 186 g/mol. The molecule has 74 valence electrons. The van der Waals surface area contributed by atoms with Crippen molar-refractivity contribution in [1.82, 2.24) is 0 Å². The second kappa shape index (κ2) is 4.27. The van der Waals surface area contributed by atoms with Crippen molar-refractivity contribution < 1.29 is 20.2 Å². The first-order chi connectivity index (χ1) is 6.63. The van der Waals surface area contributed by atoms with E-state index in [0.717, 1.165) is 0 Å². The number of hydrogen-bond donors (Lipinski definition) is 3. The van der Waals surface area contributed by atoms with Crippen LogP contribution in [-0.2, 0) is 4.79 Å². The van der Waals surface area contributed by atoms with Crippen LogP contribution in [0.1, 0.15) is 12.0 Å². The van der Waals surface area contributed by atoms with Crippen LogP contribution >= 0.6 is 0 Å². The molecule has 1 rings (SSSR count). The summed E-state index contributed by atoms with van der Waals surface area (Å²) in [7, 11) is 0. The van der Waals surface area contributed by atoms with Crippen molar-refractivity contribution in [1.29, 1.82) is 0 Å². The second-order valence-electron chi connectivity index (χ2n) is 2.67. The Bertz CT molecular complexity index is 373. The number of phenolic OH excluding ortho intramolecular Hbond substituents is 1. The number of aromatic hydroxyl groups is 1. The highest BCUT2D eigenvalue weighted by Crippen LogP contribution is 2.13. The molecule has 0 saturated carbocycles. The fourth-order valence-electron chi connectivity index (χ4n) is 1.02. The molecule has 0 saturated heterocycles. The van der Waals surface area contributed by atoms with Crippen molar-refractivity contribution in [3.63, 3.8) is 0 Å². The Labute approximate surface area is 79.9 Å². The lowest BCUT2D eigenvalue weighted by atomic mass is 10.1. The van der Waals surface area contributed by atoms with Crippen molar-refractivity contribution in [3.8, 4) is 5.75 Å². The Kier molecular flexibility index (Phi) is 3.06. The minimum absolute atomic E-state index is 0.00552. The molecule has 14 heavy (non-hydrogen) atoms. The van der Waals surface area contributed by atoms with Gasteiger partial charge in [0.05, 0.1) is 12.1 Å². The predicted octanol–water partition coefficient (Wildman–Crippen LogP) is 1.05. The number of carboxylic acids is 1. The summed E-state index contributed by atoms with van der Waals surface area (Å²) in [4.78, 5) is 10.4. The molecule has 0 radical (unpaired) electrons. The first-order valence-corrected chi connectivity index (χ1v) is 3.85. The fraction of sp³-hybridized carbons (Fsp3) is 0.111. The Morgan fingerprint density at radius 2 is 2.14 bits per heavy atom. The Morgan fingerprint density at radius 3 is 2.64 bits per heavy atom. The highest BCUT2D eigenvalue weighted by molar-refractivity contribution is 6.08. The molecule has 1 aromatic rings. The van der Waals surface area contributed by atoms with E-state index >= 15 is 0 Å². The Balaban J connectivity index is 2.96. The van der Waals surface area contributed by atoms with Gasteiger partial charge >= 0.3 is 5.97 Å². The largest absolute Gasteiger partial charge is 0.508 e. The lowest BCUT2D eigenvalue weighted by Gasteiger charge is -2.01. The van der Waals surface area contributed by atoms with Crippen LogP contribution in [0.5, 0.6) is 5.75 Å². The summed E-state index contributed by atoms with van der Waals surface area (Å²) in [5.41, 5.74) is 0.392. The summed E-state index contributed by atoms with van der Waals surface area (Å²) in [5, 5.41) is 29.0. The molecule has 0 unspecified atom stereocenters. The first kappa shape index (κ1) is 10.0. The van der Waals surface area contributed by atoms with Crippen LogP contribution in [0.15, 0.2) is 29.4 Å². The van der Waals surface area contributed by atoms with E-state index < -0.39 is 5.97 Å². The maximum Gasteiger partial charge on any atom is 0.309 e. The molecule has 0 fully saturated rings. The van der Waals surface area contributed by atoms with Gasteiger partial charge in [-0.25, -0.2) is 0 Å². The predicted molar refractivity (Wildman–Crippen MR) is 48.7 cm³/mol. The minimum Gasteiger partial charge on any atom is -0.508 e. The molecule has 3 N–H and O–H groups in total. The van der Waals surface area contributed by atoms with Crippen LogP contribution in [-0.4, -0.2) is 27.1 Å². The van der Waals surface area contributed by atoms with Crippen molar-refractivity contribution in [2.75, 3.05) is 0 Å². The molecule has 1 aromatic carbocycles. The van der Waals surface area contributed by atoms with Crippen molar-refractivity contribution in [2.24, 2.45) is 5.16 Å². The molecule has 0 aromatic heterocycles. The van der Waals surface area contributed by atoms with Crippen LogP contribution in [0.25, 0.3) is 0 Å². The zero-order chi connectivity index (χ0) is 10.6. The standard InChI is InChI=1S/C9H9NO4/c11-7-3-1-2-6(4-7)8(10-14)5-9(12)13/h1-4,11,14H,5H2,(H,12,13)/b10-8-. The average molecular weight is 195 g/mol. The SMILES string of the molecule is O=C(O)C/C(=N/O)c1cccc(O)c1. The van der Waals surface area contributed by atoms with E-state index in [1.807, 2.05) is 0 Å². The maximum absolute atomic E-state index is 10.4. The fourth-order valence-corrected chi connectivity index (χ4v) is 1.02. The van der Waals surface area contributed by atoms with Gasteiger partial charge in [-0.1, -0.05) is 17.3 Å². The summed E-state index contributed by atoms with van der Waals surface area (Å²) in [6, 6.07) is 5.87. The Morgan fingerprint density at radius 1 is 1.43 bits per heavy atom. The van der Waals surface area contributed by atoms with Crippen LogP contribution in [0.2, 0.25) is 0 Å². The summed E-state index contributed by atoms with van der Waals surface area (Å²) in [5.74, 6) is -1.10. The van der Waals surface area contributed by atoms with E-state index in [9.17, 15) is 4.79 Å². The zero-order valence-electron chi connectivity index (χ0n) is 7.21. The number of aliphatic carboxylic acids is 1. The minimum atomic E-state index is -1.10. The van der Waals surface area contributed by atoms with Gasteiger partial charge < -0.3 is 15.4 Å². The molecule has 0 spiro atoms. The quantitative estimate of drug-likeness (QED) is 0.382. The van der Waals surface area contributed by atoms with Gasteiger partial charge in [-0.3, -0.25) is 4.79 Å². The molecule has 5 nitrogen and oxygen atoms in total. The third-order valence-electron chi connectivity index (χ3n) is 1.62. The first-order valence-electron chi connectivity index (χ1n) is 3.85. The van der Waals surface area contributed by atoms with Gasteiger partial charge in [-0.15, -0.1) is 0 Å². The van der Waals surface area contributed by atoms with Gasteiger partial charge in [0.25, 0.3) is 0 Å². The smallest absolute Gasteiger partial charge is 0.309 e. The van der Waals surface area contributed by atoms with E-state index in [-0.39, 0.29) is 17.9 Å². The van der Waals surface area contributed by atoms with Crippen molar-refractivity contribution in [3.05, 3.63) is 29.8 Å². The van der Waals surface area contributed by atoms with Crippen LogP contribution < -0.4 is 0 Å². The highest BCUT2D eigenvalue weighted by atomic mass is 16.4. The van der Waals surface area contributed by atoms with E-state index in [4.69, 9.17) is 15.4 Å². The third kappa shape index (κ3) is 2.48. The van der Waals surface area contributed by atoms with Crippen molar-refractivity contribution in [2.45, 2.75) is 6.42 Å². The second-order valence-corrected chi connectivity index (χ2v) is 2.67. The van der Waals surface area contributed by atoms with E-state index in [1.54, 1.807) is 6.07 Å². The van der Waals surface area contributed by atoms with E-state index in [0.29, 0.717) is 5.56 Å². The summed E-state index contributed by atoms with van der Waals surface area (Å²) < 4.78 is 0. The molecule has 0 aliphatic heterocycles. The number of carboxylic acid groups (broad SMARTS) is 1. The van der Waals surface area contributed by atoms with Gasteiger partial charge in [0.15, 0.2) is 0 Å². The van der Waals surface area contributed by atoms with E-state index in [1.165, 1.54) is 18.2 Å². The molecule has 0 bridgehead atoms. The molecule has 0 amide bonds. The number of phenols is 1. The molecule has 0 atom stereocenters. The highest BCUT2D eigenvalue weighted by Gasteiger charge is 2.09. The van der Waals surface area contributed by atoms with E-state index in [2.05, 4.69) is 5.16 Å². The maximum atomic E-state index is 10.4. The molecule has 0 aliphatic rings. The zero-order valence-corrected chi connectivity index (χ0v) is 7.21. The van der Waals surface area contributed by atoms with Crippen LogP contribution in [0.4, 0.5) is 0 Å². The van der Waals surface area contributed by atoms with Gasteiger partial charge in [-0.05, 0) is 12.1 Å². The number of hydrogen-bond acceptors (Lipinski definition) is 4. The number of carbonyl (C=O) groups is 1. The summed E-state index contributed by atoms with van der Waals surface area (Å²) in [6.45, 7) is 0. The van der Waals surface area contributed by atoms with Gasteiger partial charge in [0.1, 0.15) is 5.75 Å². The topological polar surface area (TPSA) is 90.1 Å². The summed E-state index contributed by atoms with van der Waals surface area (Å²) in [6.07, 6.45) is -0.389. The average Bonchev–Trinajstić information content (AvgIpc) is 2.14. The number of nitrogens with zero attached hydrogens (tertiary/aromatic N) is 1. The van der Waals surface area contributed by atoms with Crippen LogP contribution in [0.3, 0.4) is 0 Å². The normalized spacial score (nSPS) is 11.3. The third-order valence-corrected chi connectivity index (χ3v) is 1.62. The number of benzene rings is 1. The molecular formula is C9H9NO4. The van der Waals surface area contributed by atoms with Gasteiger partial charge in [-0.2, -0.15) is 0 Å². The monoisotopic (exact) mass is 195 g/mol. The number of oxime groups is 1. The molecule has 5 heteroatoms.